The summed E-state index contributed by atoms with van der Waals surface area (Å²) in [6.07, 6.45) is -4.70. The lowest BCUT2D eigenvalue weighted by Crippen LogP contribution is -2.17. The molecule has 0 fully saturated rings. The lowest BCUT2D eigenvalue weighted by atomic mass is 10.3. The zero-order chi connectivity index (χ0) is 13.9. The fourth-order valence-electron chi connectivity index (χ4n) is 1.40. The van der Waals surface area contributed by atoms with Gasteiger partial charge in [0.25, 0.3) is 0 Å². The van der Waals surface area contributed by atoms with Crippen LogP contribution >= 0.6 is 0 Å². The highest BCUT2D eigenvalue weighted by Crippen LogP contribution is 2.25. The fraction of sp³-hybridized carbons (Fsp3) is 0.273. The maximum Gasteiger partial charge on any atom is 0.573 e. The first-order valence-electron chi connectivity index (χ1n) is 5.31. The lowest BCUT2D eigenvalue weighted by Gasteiger charge is -2.10. The molecule has 0 unspecified atom stereocenters. The maximum atomic E-state index is 12.1. The quantitative estimate of drug-likeness (QED) is 0.928. The second-order valence-electron chi connectivity index (χ2n) is 3.66. The first-order chi connectivity index (χ1) is 8.92. The van der Waals surface area contributed by atoms with Crippen molar-refractivity contribution in [1.82, 2.24) is 10.1 Å². The highest BCUT2D eigenvalue weighted by molar-refractivity contribution is 5.48. The number of nitrogens with one attached hydrogen (secondary N) is 1. The molecule has 1 aromatic heterocycles. The Morgan fingerprint density at radius 2 is 2.16 bits per heavy atom. The number of aryl methyl sites for hydroxylation is 1. The molecule has 8 heteroatoms. The summed E-state index contributed by atoms with van der Waals surface area (Å²) in [6.45, 7) is 1.89. The molecule has 0 bridgehead atoms. The van der Waals surface area contributed by atoms with Crippen LogP contribution in [0.15, 0.2) is 28.8 Å². The number of hydrogen-bond donors (Lipinski definition) is 1. The molecule has 1 N–H and O–H groups in total. The molecule has 0 amide bonds. The van der Waals surface area contributed by atoms with Crippen LogP contribution in [0, 0.1) is 6.92 Å². The minimum absolute atomic E-state index is 0.243. The van der Waals surface area contributed by atoms with E-state index in [1.54, 1.807) is 13.0 Å². The predicted molar refractivity (Wildman–Crippen MR) is 59.5 cm³/mol. The zero-order valence-electron chi connectivity index (χ0n) is 9.86. The van der Waals surface area contributed by atoms with Gasteiger partial charge in [-0.15, -0.1) is 13.2 Å². The summed E-state index contributed by atoms with van der Waals surface area (Å²) in [4.78, 5) is 3.96. The van der Waals surface area contributed by atoms with E-state index in [2.05, 4.69) is 20.2 Å². The normalized spacial score (nSPS) is 11.4. The minimum Gasteiger partial charge on any atom is -0.406 e. The summed E-state index contributed by atoms with van der Waals surface area (Å²) < 4.78 is 44.7. The summed E-state index contributed by atoms with van der Waals surface area (Å²) >= 11 is 0. The SMILES string of the molecule is Cc1nc(CNc2cccc(OC(F)(F)F)c2)no1. The summed E-state index contributed by atoms with van der Waals surface area (Å²) in [5.74, 6) is 0.549. The van der Waals surface area contributed by atoms with E-state index in [4.69, 9.17) is 4.52 Å². The van der Waals surface area contributed by atoms with Crippen molar-refractivity contribution >= 4 is 5.69 Å². The van der Waals surface area contributed by atoms with Gasteiger partial charge in [-0.1, -0.05) is 11.2 Å². The van der Waals surface area contributed by atoms with E-state index in [0.29, 0.717) is 17.4 Å². The van der Waals surface area contributed by atoms with Crippen molar-refractivity contribution in [1.29, 1.82) is 0 Å². The standard InChI is InChI=1S/C11H10F3N3O2/c1-7-16-10(17-19-7)6-15-8-3-2-4-9(5-8)18-11(12,13)14/h2-5,15H,6H2,1H3. The van der Waals surface area contributed by atoms with E-state index in [9.17, 15) is 13.2 Å². The number of benzene rings is 1. The number of hydrogen-bond acceptors (Lipinski definition) is 5. The van der Waals surface area contributed by atoms with Crippen molar-refractivity contribution in [3.63, 3.8) is 0 Å². The molecule has 0 aliphatic rings. The second kappa shape index (κ2) is 5.17. The summed E-state index contributed by atoms with van der Waals surface area (Å²) in [7, 11) is 0. The molecular weight excluding hydrogens is 263 g/mol. The van der Waals surface area contributed by atoms with Crippen LogP contribution in [0.3, 0.4) is 0 Å². The zero-order valence-corrected chi connectivity index (χ0v) is 9.86. The monoisotopic (exact) mass is 273 g/mol. The highest BCUT2D eigenvalue weighted by atomic mass is 19.4. The second-order valence-corrected chi connectivity index (χ2v) is 3.66. The Bertz CT molecular complexity index is 554. The minimum atomic E-state index is -4.70. The number of anilines is 1. The van der Waals surface area contributed by atoms with E-state index in [1.165, 1.54) is 18.2 Å². The van der Waals surface area contributed by atoms with Crippen LogP contribution in [0.2, 0.25) is 0 Å². The Balaban J connectivity index is 1.99. The van der Waals surface area contributed by atoms with Gasteiger partial charge in [0.15, 0.2) is 5.82 Å². The maximum absolute atomic E-state index is 12.1. The van der Waals surface area contributed by atoms with Crippen molar-refractivity contribution in [2.24, 2.45) is 0 Å². The Morgan fingerprint density at radius 1 is 1.37 bits per heavy atom. The van der Waals surface area contributed by atoms with Crippen molar-refractivity contribution in [3.8, 4) is 5.75 Å². The Kier molecular flexibility index (Phi) is 3.59. The number of aromatic nitrogens is 2. The van der Waals surface area contributed by atoms with Gasteiger partial charge in [-0.25, -0.2) is 0 Å². The predicted octanol–water partition coefficient (Wildman–Crippen LogP) is 2.89. The Labute approximate surface area is 106 Å². The van der Waals surface area contributed by atoms with E-state index in [1.807, 2.05) is 0 Å². The summed E-state index contributed by atoms with van der Waals surface area (Å²) in [5.41, 5.74) is 0.462. The van der Waals surface area contributed by atoms with Gasteiger partial charge in [-0.05, 0) is 12.1 Å². The number of ether oxygens (including phenoxy) is 1. The van der Waals surface area contributed by atoms with Gasteiger partial charge in [-0.3, -0.25) is 0 Å². The van der Waals surface area contributed by atoms with Gasteiger partial charge in [0.1, 0.15) is 5.75 Å². The molecule has 0 aliphatic carbocycles. The summed E-state index contributed by atoms with van der Waals surface area (Å²) in [5, 5.41) is 6.52. The highest BCUT2D eigenvalue weighted by Gasteiger charge is 2.31. The molecule has 0 saturated carbocycles. The Morgan fingerprint density at radius 3 is 2.79 bits per heavy atom. The lowest BCUT2D eigenvalue weighted by molar-refractivity contribution is -0.274. The molecule has 5 nitrogen and oxygen atoms in total. The summed E-state index contributed by atoms with van der Waals surface area (Å²) in [6, 6.07) is 5.51. The van der Waals surface area contributed by atoms with Gasteiger partial charge in [0, 0.05) is 18.7 Å². The van der Waals surface area contributed by atoms with Crippen molar-refractivity contribution < 1.29 is 22.4 Å². The van der Waals surface area contributed by atoms with Crippen molar-refractivity contribution in [2.45, 2.75) is 19.8 Å². The van der Waals surface area contributed by atoms with Crippen LogP contribution in [0.4, 0.5) is 18.9 Å². The van der Waals surface area contributed by atoms with Gasteiger partial charge >= 0.3 is 6.36 Å². The third-order valence-corrected chi connectivity index (χ3v) is 2.09. The molecule has 0 aliphatic heterocycles. The molecule has 1 heterocycles. The van der Waals surface area contributed by atoms with Crippen LogP contribution in [0.5, 0.6) is 5.75 Å². The number of alkyl halides is 3. The van der Waals surface area contributed by atoms with Crippen LogP contribution in [0.1, 0.15) is 11.7 Å². The van der Waals surface area contributed by atoms with E-state index < -0.39 is 6.36 Å². The first-order valence-corrected chi connectivity index (χ1v) is 5.31. The van der Waals surface area contributed by atoms with Crippen molar-refractivity contribution in [2.75, 3.05) is 5.32 Å². The van der Waals surface area contributed by atoms with Crippen LogP contribution in [-0.4, -0.2) is 16.5 Å². The topological polar surface area (TPSA) is 60.2 Å². The van der Waals surface area contributed by atoms with Gasteiger partial charge in [0.2, 0.25) is 5.89 Å². The average molecular weight is 273 g/mol. The average Bonchev–Trinajstić information content (AvgIpc) is 2.71. The molecule has 0 saturated heterocycles. The smallest absolute Gasteiger partial charge is 0.406 e. The van der Waals surface area contributed by atoms with E-state index >= 15 is 0 Å². The molecule has 2 aromatic rings. The molecule has 102 valence electrons. The van der Waals surface area contributed by atoms with E-state index in [0.717, 1.165) is 0 Å². The number of rotatable bonds is 4. The van der Waals surface area contributed by atoms with Crippen LogP contribution in [-0.2, 0) is 6.54 Å². The van der Waals surface area contributed by atoms with Gasteiger partial charge in [0.05, 0.1) is 6.54 Å². The fourth-order valence-corrected chi connectivity index (χ4v) is 1.40. The first kappa shape index (κ1) is 13.2. The largest absolute Gasteiger partial charge is 0.573 e. The van der Waals surface area contributed by atoms with Crippen LogP contribution in [0.25, 0.3) is 0 Å². The van der Waals surface area contributed by atoms with Crippen LogP contribution < -0.4 is 10.1 Å². The molecule has 0 radical (unpaired) electrons. The molecule has 0 spiro atoms. The van der Waals surface area contributed by atoms with Gasteiger partial charge in [-0.2, -0.15) is 4.98 Å². The molecule has 2 rings (SSSR count). The van der Waals surface area contributed by atoms with Gasteiger partial charge < -0.3 is 14.6 Å². The third-order valence-electron chi connectivity index (χ3n) is 2.09. The molecule has 0 atom stereocenters. The third kappa shape index (κ3) is 4.16. The molecule has 19 heavy (non-hydrogen) atoms. The number of nitrogens with zero attached hydrogens (tertiary/aromatic N) is 2. The molecular formula is C11H10F3N3O2. The van der Waals surface area contributed by atoms with E-state index in [-0.39, 0.29) is 12.3 Å². The number of halogens is 3. The van der Waals surface area contributed by atoms with Crippen molar-refractivity contribution in [3.05, 3.63) is 36.0 Å². The molecule has 1 aromatic carbocycles. The Hall–Kier alpha value is -2.25.